The van der Waals surface area contributed by atoms with Crippen LogP contribution in [0.5, 0.6) is 0 Å². The molecule has 1 heterocycles. The van der Waals surface area contributed by atoms with Crippen LogP contribution >= 0.6 is 0 Å². The Morgan fingerprint density at radius 1 is 1.17 bits per heavy atom. The zero-order valence-electron chi connectivity index (χ0n) is 11.0. The van der Waals surface area contributed by atoms with Crippen LogP contribution in [0.2, 0.25) is 0 Å². The van der Waals surface area contributed by atoms with Gasteiger partial charge in [-0.25, -0.2) is 23.5 Å². The number of aromatic amines is 1. The molecule has 1 atom stereocenters. The zero-order valence-corrected chi connectivity index (χ0v) is 11.0. The van der Waals surface area contributed by atoms with Gasteiger partial charge in [0.25, 0.3) is 0 Å². The largest absolute Gasteiger partial charge is 0.336 e. The summed E-state index contributed by atoms with van der Waals surface area (Å²) in [5.41, 5.74) is -1.86. The van der Waals surface area contributed by atoms with Gasteiger partial charge in [-0.05, 0) is 19.8 Å². The topological polar surface area (TPSA) is 76.9 Å². The van der Waals surface area contributed by atoms with E-state index in [9.17, 15) is 14.4 Å². The van der Waals surface area contributed by atoms with Crippen LogP contribution in [0, 0.1) is 0 Å². The maximum atomic E-state index is 12.1. The zero-order chi connectivity index (χ0) is 13.7. The average Bonchev–Trinajstić information content (AvgIpc) is 2.33. The van der Waals surface area contributed by atoms with E-state index in [0.717, 1.165) is 15.6 Å². The van der Waals surface area contributed by atoms with Crippen LogP contribution in [0.3, 0.4) is 0 Å². The van der Waals surface area contributed by atoms with E-state index in [1.807, 2.05) is 26.0 Å². The van der Waals surface area contributed by atoms with Crippen molar-refractivity contribution in [3.8, 4) is 0 Å². The number of rotatable bonds is 5. The van der Waals surface area contributed by atoms with Gasteiger partial charge < -0.3 is 0 Å². The van der Waals surface area contributed by atoms with Gasteiger partial charge in [0.1, 0.15) is 0 Å². The molecule has 6 nitrogen and oxygen atoms in total. The summed E-state index contributed by atoms with van der Waals surface area (Å²) in [5, 5.41) is 0. The van der Waals surface area contributed by atoms with Crippen molar-refractivity contribution in [2.24, 2.45) is 0 Å². The van der Waals surface area contributed by atoms with Crippen molar-refractivity contribution in [1.82, 2.24) is 14.1 Å². The van der Waals surface area contributed by atoms with Crippen LogP contribution in [0.1, 0.15) is 39.7 Å². The second kappa shape index (κ2) is 6.18. The fraction of sp³-hybridized carbons (Fsp3) is 0.583. The van der Waals surface area contributed by atoms with Crippen LogP contribution in [-0.4, -0.2) is 14.1 Å². The van der Waals surface area contributed by atoms with Crippen molar-refractivity contribution in [2.75, 3.05) is 0 Å². The SMILES string of the molecule is CCC=CC(CC)n1c(=O)[nH]c(=O)n(CC)c1=O. The van der Waals surface area contributed by atoms with Crippen molar-refractivity contribution >= 4 is 0 Å². The molecule has 0 aliphatic carbocycles. The summed E-state index contributed by atoms with van der Waals surface area (Å²) in [6.45, 7) is 5.79. The quantitative estimate of drug-likeness (QED) is 0.782. The van der Waals surface area contributed by atoms with Crippen molar-refractivity contribution in [1.29, 1.82) is 0 Å². The van der Waals surface area contributed by atoms with Crippen molar-refractivity contribution < 1.29 is 0 Å². The van der Waals surface area contributed by atoms with E-state index in [1.165, 1.54) is 0 Å². The molecule has 0 aliphatic heterocycles. The standard InChI is InChI=1S/C12H19N3O3/c1-4-7-8-9(5-2)15-11(17)13-10(16)14(6-3)12(15)18/h7-9H,4-6H2,1-3H3,(H,13,16,17). The highest BCUT2D eigenvalue weighted by atomic mass is 16.2. The highest BCUT2D eigenvalue weighted by Crippen LogP contribution is 2.07. The van der Waals surface area contributed by atoms with Crippen LogP contribution in [-0.2, 0) is 6.54 Å². The van der Waals surface area contributed by atoms with Gasteiger partial charge in [0.05, 0.1) is 6.04 Å². The molecule has 100 valence electrons. The molecule has 18 heavy (non-hydrogen) atoms. The Labute approximate surface area is 105 Å². The predicted octanol–water partition coefficient (Wildman–Crippen LogP) is 0.635. The molecule has 0 aliphatic rings. The molecule has 1 rings (SSSR count). The normalized spacial score (nSPS) is 13.1. The number of aromatic nitrogens is 3. The van der Waals surface area contributed by atoms with E-state index in [4.69, 9.17) is 0 Å². The Kier molecular flexibility index (Phi) is 4.88. The van der Waals surface area contributed by atoms with E-state index < -0.39 is 17.1 Å². The van der Waals surface area contributed by atoms with Crippen LogP contribution < -0.4 is 17.1 Å². The van der Waals surface area contributed by atoms with Gasteiger partial charge in [0.2, 0.25) is 0 Å². The minimum atomic E-state index is -0.655. The molecule has 1 N–H and O–H groups in total. The third-order valence-corrected chi connectivity index (χ3v) is 2.77. The molecule has 1 aromatic heterocycles. The van der Waals surface area contributed by atoms with Gasteiger partial charge in [0, 0.05) is 6.54 Å². The van der Waals surface area contributed by atoms with E-state index in [2.05, 4.69) is 4.98 Å². The number of nitrogens with zero attached hydrogens (tertiary/aromatic N) is 2. The minimum absolute atomic E-state index is 0.238. The summed E-state index contributed by atoms with van der Waals surface area (Å²) in [7, 11) is 0. The summed E-state index contributed by atoms with van der Waals surface area (Å²) in [5.74, 6) is 0. The Morgan fingerprint density at radius 3 is 2.33 bits per heavy atom. The second-order valence-electron chi connectivity index (χ2n) is 3.94. The Balaban J connectivity index is 3.49. The molecule has 0 aromatic carbocycles. The number of hydrogen-bond acceptors (Lipinski definition) is 3. The molecule has 6 heteroatoms. The first kappa shape index (κ1) is 14.2. The first-order valence-electron chi connectivity index (χ1n) is 6.19. The highest BCUT2D eigenvalue weighted by Gasteiger charge is 2.14. The summed E-state index contributed by atoms with van der Waals surface area (Å²) < 4.78 is 2.11. The molecule has 1 unspecified atom stereocenters. The number of allylic oxidation sites excluding steroid dienone is 2. The molecule has 0 saturated heterocycles. The van der Waals surface area contributed by atoms with E-state index in [1.54, 1.807) is 6.92 Å². The Morgan fingerprint density at radius 2 is 1.83 bits per heavy atom. The molecule has 0 radical (unpaired) electrons. The number of hydrogen-bond donors (Lipinski definition) is 1. The third kappa shape index (κ3) is 2.69. The predicted molar refractivity (Wildman–Crippen MR) is 70.0 cm³/mol. The molecule has 0 spiro atoms. The molecule has 0 bridgehead atoms. The number of H-pyrrole nitrogens is 1. The van der Waals surface area contributed by atoms with Crippen molar-refractivity contribution in [2.45, 2.75) is 46.2 Å². The van der Waals surface area contributed by atoms with Gasteiger partial charge in [-0.2, -0.15) is 0 Å². The average molecular weight is 253 g/mol. The fourth-order valence-electron chi connectivity index (χ4n) is 1.79. The maximum absolute atomic E-state index is 12.1. The third-order valence-electron chi connectivity index (χ3n) is 2.77. The van der Waals surface area contributed by atoms with Gasteiger partial charge in [-0.1, -0.05) is 26.0 Å². The lowest BCUT2D eigenvalue weighted by Crippen LogP contribution is -2.50. The van der Waals surface area contributed by atoms with Crippen molar-refractivity contribution in [3.63, 3.8) is 0 Å². The van der Waals surface area contributed by atoms with E-state index in [-0.39, 0.29) is 12.6 Å². The van der Waals surface area contributed by atoms with Gasteiger partial charge in [0.15, 0.2) is 0 Å². The Hall–Kier alpha value is -1.85. The number of nitrogens with one attached hydrogen (secondary N) is 1. The molecule has 0 fully saturated rings. The Bertz CT molecular complexity index is 592. The highest BCUT2D eigenvalue weighted by molar-refractivity contribution is 4.93. The molecule has 0 saturated carbocycles. The summed E-state index contributed by atoms with van der Waals surface area (Å²) in [4.78, 5) is 37.4. The molecular weight excluding hydrogens is 234 g/mol. The van der Waals surface area contributed by atoms with Gasteiger partial charge in [-0.15, -0.1) is 0 Å². The second-order valence-corrected chi connectivity index (χ2v) is 3.94. The van der Waals surface area contributed by atoms with Gasteiger partial charge in [-0.3, -0.25) is 4.98 Å². The molecule has 1 aromatic rings. The molecule has 0 amide bonds. The lowest BCUT2D eigenvalue weighted by Gasteiger charge is -2.14. The first-order chi connectivity index (χ1) is 8.56. The van der Waals surface area contributed by atoms with Crippen LogP contribution in [0.15, 0.2) is 26.5 Å². The van der Waals surface area contributed by atoms with E-state index in [0.29, 0.717) is 6.42 Å². The molecular formula is C12H19N3O3. The smallest absolute Gasteiger partial charge is 0.259 e. The van der Waals surface area contributed by atoms with Crippen molar-refractivity contribution in [3.05, 3.63) is 43.6 Å². The first-order valence-corrected chi connectivity index (χ1v) is 6.19. The summed E-state index contributed by atoms with van der Waals surface area (Å²) in [6, 6.07) is -0.320. The summed E-state index contributed by atoms with van der Waals surface area (Å²) in [6.07, 6.45) is 5.17. The van der Waals surface area contributed by atoms with E-state index >= 15 is 0 Å². The summed E-state index contributed by atoms with van der Waals surface area (Å²) >= 11 is 0. The lowest BCUT2D eigenvalue weighted by atomic mass is 10.2. The minimum Gasteiger partial charge on any atom is -0.259 e. The lowest BCUT2D eigenvalue weighted by molar-refractivity contribution is 0.473. The van der Waals surface area contributed by atoms with Gasteiger partial charge >= 0.3 is 17.1 Å². The monoisotopic (exact) mass is 253 g/mol. The van der Waals surface area contributed by atoms with Crippen LogP contribution in [0.4, 0.5) is 0 Å². The maximum Gasteiger partial charge on any atom is 0.336 e. The fourth-order valence-corrected chi connectivity index (χ4v) is 1.79. The van der Waals surface area contributed by atoms with Crippen LogP contribution in [0.25, 0.3) is 0 Å².